The van der Waals surface area contributed by atoms with E-state index in [1.807, 2.05) is 0 Å². The standard InChI is InChI=1S/2C40H66O7S.Ca/c2*1-3-5-7-9-11-13-15-17-19-21-23-25-27-29-33-46-39(41)37-32-31-36(48(43,44)45)35-38(37)40(42)47-34-30-28-26-24-22-20-18-16-14-12-10-8-6-4-2;/h2*11-14,31-32,35H,3-10,15-30,33-34H2,1-2H3,(H,43,44,45);/q;;+2/p-2/b2*13-11+,14-12+;. The Kier molecular flexibility index (Phi) is 63.2. The minimum absolute atomic E-state index is 0. The van der Waals surface area contributed by atoms with Gasteiger partial charge in [0.2, 0.25) is 0 Å². The van der Waals surface area contributed by atoms with E-state index in [4.69, 9.17) is 18.9 Å². The molecule has 0 radical (unpaired) electrons. The molecule has 0 atom stereocenters. The van der Waals surface area contributed by atoms with Crippen LogP contribution >= 0.6 is 0 Å². The Labute approximate surface area is 620 Å². The van der Waals surface area contributed by atoms with Gasteiger partial charge < -0.3 is 28.1 Å². The van der Waals surface area contributed by atoms with Gasteiger partial charge in [0.05, 0.1) is 58.5 Å². The van der Waals surface area contributed by atoms with E-state index in [0.717, 1.165) is 139 Å². The predicted molar refractivity (Wildman–Crippen MR) is 397 cm³/mol. The summed E-state index contributed by atoms with van der Waals surface area (Å²) in [4.78, 5) is 50.2. The second kappa shape index (κ2) is 65.7. The Hall–Kier alpha value is -3.64. The van der Waals surface area contributed by atoms with E-state index in [1.54, 1.807) is 0 Å². The third-order valence-corrected chi connectivity index (χ3v) is 18.7. The van der Waals surface area contributed by atoms with Crippen LogP contribution in [0.5, 0.6) is 0 Å². The number of ether oxygens (including phenoxy) is 4. The van der Waals surface area contributed by atoms with Crippen LogP contribution in [0.1, 0.15) is 377 Å². The molecular weight excluding hydrogens is 1290 g/mol. The zero-order chi connectivity index (χ0) is 70.3. The van der Waals surface area contributed by atoms with Gasteiger partial charge in [0.1, 0.15) is 20.2 Å². The molecule has 2 aromatic rings. The molecule has 0 aliphatic rings. The Balaban J connectivity index is 0.00000188. The van der Waals surface area contributed by atoms with Crippen LogP contribution in [0.2, 0.25) is 0 Å². The number of unbranched alkanes of at least 4 members (excludes halogenated alkanes) is 40. The van der Waals surface area contributed by atoms with Crippen molar-refractivity contribution in [2.24, 2.45) is 0 Å². The number of rotatable bonds is 62. The fourth-order valence-electron chi connectivity index (χ4n) is 11.0. The molecule has 0 N–H and O–H groups in total. The van der Waals surface area contributed by atoms with Crippen molar-refractivity contribution < 1.29 is 64.1 Å². The number of benzene rings is 2. The molecule has 2 rings (SSSR count). The third-order valence-electron chi connectivity index (χ3n) is 17.0. The zero-order valence-electron chi connectivity index (χ0n) is 61.1. The van der Waals surface area contributed by atoms with Crippen LogP contribution in [-0.2, 0) is 39.2 Å². The van der Waals surface area contributed by atoms with Gasteiger partial charge in [-0.1, -0.05) is 256 Å². The van der Waals surface area contributed by atoms with E-state index in [2.05, 4.69) is 76.3 Å². The number of hydrogen-bond acceptors (Lipinski definition) is 14. The van der Waals surface area contributed by atoms with Gasteiger partial charge in [0.25, 0.3) is 0 Å². The van der Waals surface area contributed by atoms with Gasteiger partial charge in [0, 0.05) is 0 Å². The second-order valence-corrected chi connectivity index (χ2v) is 28.5. The van der Waals surface area contributed by atoms with Crippen molar-refractivity contribution in [3.63, 3.8) is 0 Å². The molecule has 0 aromatic heterocycles. The van der Waals surface area contributed by atoms with Crippen LogP contribution in [-0.4, -0.2) is 114 Å². The van der Waals surface area contributed by atoms with Crippen molar-refractivity contribution in [3.05, 3.63) is 107 Å². The van der Waals surface area contributed by atoms with E-state index < -0.39 is 53.9 Å². The molecule has 0 fully saturated rings. The summed E-state index contributed by atoms with van der Waals surface area (Å²) in [7, 11) is -9.63. The molecule has 0 aliphatic carbocycles. The van der Waals surface area contributed by atoms with E-state index in [0.29, 0.717) is 25.7 Å². The van der Waals surface area contributed by atoms with Crippen LogP contribution in [0.25, 0.3) is 0 Å². The summed E-state index contributed by atoms with van der Waals surface area (Å²) in [6.07, 6.45) is 72.9. The van der Waals surface area contributed by atoms with Crippen molar-refractivity contribution in [2.75, 3.05) is 26.4 Å². The van der Waals surface area contributed by atoms with Gasteiger partial charge >= 0.3 is 61.6 Å². The first-order valence-electron chi connectivity index (χ1n) is 38.1. The van der Waals surface area contributed by atoms with Crippen molar-refractivity contribution >= 4 is 81.9 Å². The van der Waals surface area contributed by atoms with Crippen molar-refractivity contribution in [2.45, 2.75) is 346 Å². The fraction of sp³-hybridized carbons (Fsp3) is 0.700. The van der Waals surface area contributed by atoms with Crippen LogP contribution in [0, 0.1) is 0 Å². The van der Waals surface area contributed by atoms with E-state index in [1.165, 1.54) is 180 Å². The van der Waals surface area contributed by atoms with Gasteiger partial charge in [-0.25, -0.2) is 36.0 Å². The maximum absolute atomic E-state index is 12.9. The summed E-state index contributed by atoms with van der Waals surface area (Å²) in [5, 5.41) is 0. The number of hydrogen-bond donors (Lipinski definition) is 0. The maximum Gasteiger partial charge on any atom is 2.00 e. The first-order valence-corrected chi connectivity index (χ1v) is 40.9. The summed E-state index contributed by atoms with van der Waals surface area (Å²) < 4.78 is 91.1. The van der Waals surface area contributed by atoms with Crippen LogP contribution in [0.4, 0.5) is 0 Å². The first kappa shape index (κ1) is 93.4. The Morgan fingerprint density at radius 3 is 0.649 bits per heavy atom. The van der Waals surface area contributed by atoms with Crippen molar-refractivity contribution in [3.8, 4) is 0 Å². The van der Waals surface area contributed by atoms with Crippen molar-refractivity contribution in [1.82, 2.24) is 0 Å². The largest absolute Gasteiger partial charge is 2.00 e. The van der Waals surface area contributed by atoms with E-state index in [9.17, 15) is 45.1 Å². The first-order chi connectivity index (χ1) is 46.6. The zero-order valence-corrected chi connectivity index (χ0v) is 64.9. The third kappa shape index (κ3) is 53.8. The number of carbonyl (C=O) groups excluding carboxylic acids is 4. The molecule has 0 heterocycles. The summed E-state index contributed by atoms with van der Waals surface area (Å²) in [6.45, 7) is 9.60. The van der Waals surface area contributed by atoms with Crippen molar-refractivity contribution in [1.29, 1.82) is 0 Å². The molecule has 2 aromatic carbocycles. The monoisotopic (exact) mass is 1420 g/mol. The molecular formula is C80H130CaO14S2. The molecule has 0 aliphatic heterocycles. The van der Waals surface area contributed by atoms with Gasteiger partial charge in [-0.15, -0.1) is 0 Å². The molecule has 14 nitrogen and oxygen atoms in total. The predicted octanol–water partition coefficient (Wildman–Crippen LogP) is 22.5. The molecule has 0 saturated carbocycles. The molecule has 0 unspecified atom stereocenters. The molecule has 548 valence electrons. The second-order valence-electron chi connectivity index (χ2n) is 25.8. The van der Waals surface area contributed by atoms with Gasteiger partial charge in [-0.2, -0.15) is 0 Å². The quantitative estimate of drug-likeness (QED) is 0.0150. The molecule has 97 heavy (non-hydrogen) atoms. The summed E-state index contributed by atoms with van der Waals surface area (Å²) >= 11 is 0. The normalized spacial score (nSPS) is 11.8. The molecule has 0 spiro atoms. The molecule has 0 bridgehead atoms. The Morgan fingerprint density at radius 1 is 0.278 bits per heavy atom. The minimum Gasteiger partial charge on any atom is -0.744 e. The van der Waals surface area contributed by atoms with Gasteiger partial charge in [-0.05, 0) is 165 Å². The summed E-state index contributed by atoms with van der Waals surface area (Å²) in [5.74, 6) is -3.12. The van der Waals surface area contributed by atoms with Crippen LogP contribution < -0.4 is 0 Å². The van der Waals surface area contributed by atoms with Gasteiger partial charge in [0.15, 0.2) is 0 Å². The summed E-state index contributed by atoms with van der Waals surface area (Å²) in [5.41, 5.74) is -0.704. The van der Waals surface area contributed by atoms with E-state index in [-0.39, 0.29) is 86.4 Å². The Bertz CT molecular complexity index is 2470. The number of allylic oxidation sites excluding steroid dienone is 8. The number of carbonyl (C=O) groups is 4. The topological polar surface area (TPSA) is 220 Å². The average molecular weight is 1420 g/mol. The maximum atomic E-state index is 12.9. The SMILES string of the molecule is CCCCC/C=C/CCCCCCCCCOC(=O)c1ccc(S(=O)(=O)[O-])cc1C(=O)OCCCCCCCCC/C=C/CCCCC.CCCCC/C=C/CCCCCCCCCOC(=O)c1ccc(S(=O)(=O)[O-])cc1C(=O)OCCCCCCCCC/C=C/CCCCC.[Ca+2]. The molecule has 0 saturated heterocycles. The van der Waals surface area contributed by atoms with Crippen LogP contribution in [0.3, 0.4) is 0 Å². The minimum atomic E-state index is -4.81. The molecule has 17 heteroatoms. The number of esters is 4. The van der Waals surface area contributed by atoms with E-state index >= 15 is 0 Å². The summed E-state index contributed by atoms with van der Waals surface area (Å²) in [6, 6.07) is 6.22. The average Bonchev–Trinajstić information content (AvgIpc) is 0.828. The van der Waals surface area contributed by atoms with Gasteiger partial charge in [-0.3, -0.25) is 0 Å². The Morgan fingerprint density at radius 2 is 0.454 bits per heavy atom. The molecule has 0 amide bonds. The smallest absolute Gasteiger partial charge is 0.744 e. The fourth-order valence-corrected chi connectivity index (χ4v) is 12.0. The van der Waals surface area contributed by atoms with Crippen LogP contribution in [0.15, 0.2) is 94.8 Å².